The summed E-state index contributed by atoms with van der Waals surface area (Å²) in [6.45, 7) is 0. The Kier molecular flexibility index (Phi) is 4.01. The molecule has 0 aromatic heterocycles. The Balaban J connectivity index is 3.42. The fraction of sp³-hybridized carbons (Fsp3) is 0.111. The maximum Gasteiger partial charge on any atom is 0.177 e. The number of hydrogen-bond acceptors (Lipinski definition) is 2. The van der Waals surface area contributed by atoms with E-state index in [0.717, 1.165) is 0 Å². The first-order valence-corrected chi connectivity index (χ1v) is 5.78. The molecule has 72 valence electrons. The van der Waals surface area contributed by atoms with Crippen molar-refractivity contribution in [3.05, 3.63) is 32.6 Å². The van der Waals surface area contributed by atoms with Crippen molar-refractivity contribution < 1.29 is 9.18 Å². The molecular weight excluding hydrogens is 364 g/mol. The number of ketones is 1. The Morgan fingerprint density at radius 3 is 2.79 bits per heavy atom. The Labute approximate surface area is 102 Å². The van der Waals surface area contributed by atoms with Crippen molar-refractivity contribution in [1.29, 1.82) is 5.26 Å². The highest BCUT2D eigenvalue weighted by atomic mass is 127. The highest BCUT2D eigenvalue weighted by molar-refractivity contribution is 14.1. The molecule has 0 fully saturated rings. The number of Topliss-reactive ketones (excluding diaryl/α,β-unsaturated/α-hetero) is 1. The summed E-state index contributed by atoms with van der Waals surface area (Å²) in [7, 11) is 0. The predicted octanol–water partition coefficient (Wildman–Crippen LogP) is 2.88. The molecule has 0 unspecified atom stereocenters. The second-order valence-electron chi connectivity index (χ2n) is 2.48. The minimum atomic E-state index is -0.641. The molecule has 0 N–H and O–H groups in total. The number of carbonyl (C=O) groups excluding carboxylic acids is 1. The minimum absolute atomic E-state index is 0.0131. The third kappa shape index (κ3) is 2.30. The smallest absolute Gasteiger partial charge is 0.177 e. The summed E-state index contributed by atoms with van der Waals surface area (Å²) in [5.74, 6) is -1.06. The molecule has 2 nitrogen and oxygen atoms in total. The predicted molar refractivity (Wildman–Crippen MR) is 62.0 cm³/mol. The van der Waals surface area contributed by atoms with Crippen molar-refractivity contribution in [1.82, 2.24) is 0 Å². The van der Waals surface area contributed by atoms with Gasteiger partial charge in [-0.1, -0.05) is 15.9 Å². The van der Waals surface area contributed by atoms with Gasteiger partial charge in [0.2, 0.25) is 0 Å². The Bertz CT molecular complexity index is 428. The lowest BCUT2D eigenvalue weighted by Gasteiger charge is -2.03. The fourth-order valence-electron chi connectivity index (χ4n) is 1.01. The van der Waals surface area contributed by atoms with Crippen LogP contribution in [0.25, 0.3) is 0 Å². The van der Waals surface area contributed by atoms with E-state index in [2.05, 4.69) is 15.9 Å². The van der Waals surface area contributed by atoms with Crippen LogP contribution in [0.15, 0.2) is 12.1 Å². The largest absolute Gasteiger partial charge is 0.293 e. The third-order valence-corrected chi connectivity index (χ3v) is 2.71. The molecule has 14 heavy (non-hydrogen) atoms. The average Bonchev–Trinajstić information content (AvgIpc) is 2.15. The zero-order valence-electron chi connectivity index (χ0n) is 6.85. The molecule has 1 rings (SSSR count). The van der Waals surface area contributed by atoms with Crippen molar-refractivity contribution in [2.45, 2.75) is 0 Å². The van der Waals surface area contributed by atoms with Gasteiger partial charge in [-0.05, 0) is 34.7 Å². The molecule has 5 heteroatoms. The molecular formula is C9H4BrFINO. The number of nitrogens with zero attached hydrogens (tertiary/aromatic N) is 1. The molecule has 0 aliphatic rings. The molecule has 0 radical (unpaired) electrons. The second-order valence-corrected chi connectivity index (χ2v) is 4.29. The standard InChI is InChI=1S/C9H4BrFINO/c10-3-8(14)9-5(4-13)1-6(12)2-7(9)11/h1-2H,3H2. The second kappa shape index (κ2) is 4.84. The molecule has 1 aromatic rings. The van der Waals surface area contributed by atoms with Gasteiger partial charge in [0.1, 0.15) is 11.9 Å². The zero-order chi connectivity index (χ0) is 10.7. The van der Waals surface area contributed by atoms with E-state index in [1.54, 1.807) is 6.07 Å². The minimum Gasteiger partial charge on any atom is -0.293 e. The van der Waals surface area contributed by atoms with Crippen molar-refractivity contribution in [2.75, 3.05) is 5.33 Å². The quantitative estimate of drug-likeness (QED) is 0.458. The molecule has 0 bridgehead atoms. The number of hydrogen-bond donors (Lipinski definition) is 0. The van der Waals surface area contributed by atoms with Crippen LogP contribution in [0.2, 0.25) is 0 Å². The lowest BCUT2D eigenvalue weighted by atomic mass is 10.1. The van der Waals surface area contributed by atoms with Gasteiger partial charge in [0.15, 0.2) is 5.78 Å². The highest BCUT2D eigenvalue weighted by Crippen LogP contribution is 2.18. The van der Waals surface area contributed by atoms with Gasteiger partial charge in [-0.3, -0.25) is 4.79 Å². The van der Waals surface area contributed by atoms with Gasteiger partial charge < -0.3 is 0 Å². The molecule has 0 spiro atoms. The van der Waals surface area contributed by atoms with Crippen LogP contribution < -0.4 is 0 Å². The van der Waals surface area contributed by atoms with Gasteiger partial charge in [-0.25, -0.2) is 4.39 Å². The van der Waals surface area contributed by atoms with Crippen LogP contribution in [0.4, 0.5) is 4.39 Å². The maximum atomic E-state index is 13.3. The first kappa shape index (κ1) is 11.6. The normalized spacial score (nSPS) is 9.57. The highest BCUT2D eigenvalue weighted by Gasteiger charge is 2.16. The Morgan fingerprint density at radius 2 is 2.29 bits per heavy atom. The van der Waals surface area contributed by atoms with Crippen LogP contribution in [0.3, 0.4) is 0 Å². The average molecular weight is 368 g/mol. The van der Waals surface area contributed by atoms with Crippen LogP contribution in [-0.4, -0.2) is 11.1 Å². The first-order chi connectivity index (χ1) is 6.60. The molecule has 0 atom stereocenters. The van der Waals surface area contributed by atoms with Gasteiger partial charge >= 0.3 is 0 Å². The van der Waals surface area contributed by atoms with E-state index < -0.39 is 11.6 Å². The summed E-state index contributed by atoms with van der Waals surface area (Å²) in [4.78, 5) is 11.3. The number of nitriles is 1. The number of alkyl halides is 1. The monoisotopic (exact) mass is 367 g/mol. The van der Waals surface area contributed by atoms with Gasteiger partial charge in [-0.15, -0.1) is 0 Å². The van der Waals surface area contributed by atoms with Gasteiger partial charge in [0.05, 0.1) is 16.5 Å². The van der Waals surface area contributed by atoms with Gasteiger partial charge in [-0.2, -0.15) is 5.26 Å². The van der Waals surface area contributed by atoms with Crippen LogP contribution >= 0.6 is 38.5 Å². The molecule has 1 aromatic carbocycles. The van der Waals surface area contributed by atoms with E-state index in [9.17, 15) is 9.18 Å². The van der Waals surface area contributed by atoms with E-state index in [1.165, 1.54) is 12.1 Å². The van der Waals surface area contributed by atoms with E-state index >= 15 is 0 Å². The fourth-order valence-corrected chi connectivity index (χ4v) is 1.88. The first-order valence-electron chi connectivity index (χ1n) is 3.58. The van der Waals surface area contributed by atoms with E-state index in [4.69, 9.17) is 5.26 Å². The van der Waals surface area contributed by atoms with E-state index in [1.807, 2.05) is 22.6 Å². The summed E-state index contributed by atoms with van der Waals surface area (Å²) in [6.07, 6.45) is 0. The molecule has 0 amide bonds. The van der Waals surface area contributed by atoms with Crippen LogP contribution in [0.1, 0.15) is 15.9 Å². The summed E-state index contributed by atoms with van der Waals surface area (Å²) >= 11 is 4.83. The Morgan fingerprint density at radius 1 is 1.64 bits per heavy atom. The zero-order valence-corrected chi connectivity index (χ0v) is 10.6. The lowest BCUT2D eigenvalue weighted by Crippen LogP contribution is -2.07. The van der Waals surface area contributed by atoms with E-state index in [-0.39, 0.29) is 16.5 Å². The summed E-state index contributed by atoms with van der Waals surface area (Å²) < 4.78 is 13.9. The van der Waals surface area contributed by atoms with Crippen LogP contribution in [0, 0.1) is 20.7 Å². The van der Waals surface area contributed by atoms with Crippen LogP contribution in [-0.2, 0) is 0 Å². The third-order valence-electron chi connectivity index (χ3n) is 1.58. The number of carbonyl (C=O) groups is 1. The lowest BCUT2D eigenvalue weighted by molar-refractivity contribution is 0.101. The summed E-state index contributed by atoms with van der Waals surface area (Å²) in [6, 6.07) is 4.53. The molecule has 0 saturated carbocycles. The van der Waals surface area contributed by atoms with Crippen LogP contribution in [0.5, 0.6) is 0 Å². The Hall–Kier alpha value is -0.480. The number of rotatable bonds is 2. The SMILES string of the molecule is N#Cc1cc(I)cc(F)c1C(=O)CBr. The topological polar surface area (TPSA) is 40.9 Å². The van der Waals surface area contributed by atoms with Crippen molar-refractivity contribution >= 4 is 44.3 Å². The summed E-state index contributed by atoms with van der Waals surface area (Å²) in [5.41, 5.74) is -0.0522. The van der Waals surface area contributed by atoms with E-state index in [0.29, 0.717) is 3.57 Å². The summed E-state index contributed by atoms with van der Waals surface area (Å²) in [5, 5.41) is 8.74. The van der Waals surface area contributed by atoms with Crippen molar-refractivity contribution in [2.24, 2.45) is 0 Å². The molecule has 0 saturated heterocycles. The molecule has 0 aliphatic carbocycles. The van der Waals surface area contributed by atoms with Gasteiger partial charge in [0, 0.05) is 3.57 Å². The van der Waals surface area contributed by atoms with Crippen molar-refractivity contribution in [3.63, 3.8) is 0 Å². The molecule has 0 heterocycles. The van der Waals surface area contributed by atoms with Crippen molar-refractivity contribution in [3.8, 4) is 6.07 Å². The number of halogens is 3. The van der Waals surface area contributed by atoms with Gasteiger partial charge in [0.25, 0.3) is 0 Å². The maximum absolute atomic E-state index is 13.3. The molecule has 0 aliphatic heterocycles. The number of benzene rings is 1.